The molecule has 7 heteroatoms. The number of hydrogen-bond acceptors (Lipinski definition) is 4. The minimum atomic E-state index is -0.795. The normalized spacial score (nSPS) is 19.0. The molecule has 1 saturated heterocycles. The highest BCUT2D eigenvalue weighted by atomic mass is 19.1. The Morgan fingerprint density at radius 2 is 2.22 bits per heavy atom. The zero-order chi connectivity index (χ0) is 13.3. The summed E-state index contributed by atoms with van der Waals surface area (Å²) >= 11 is 0. The highest BCUT2D eigenvalue weighted by molar-refractivity contribution is 5.95. The highest BCUT2D eigenvalue weighted by Gasteiger charge is 2.26. The van der Waals surface area contributed by atoms with E-state index in [1.165, 1.54) is 4.90 Å². The third-order valence-corrected chi connectivity index (χ3v) is 2.85. The Bertz CT molecular complexity index is 506. The van der Waals surface area contributed by atoms with E-state index in [0.29, 0.717) is 19.5 Å². The van der Waals surface area contributed by atoms with E-state index >= 15 is 0 Å². The van der Waals surface area contributed by atoms with E-state index in [4.69, 9.17) is 5.73 Å². The molecule has 1 atom stereocenters. The number of benzene rings is 1. The Hall–Kier alpha value is -2.02. The molecule has 1 amide bonds. The number of rotatable bonds is 2. The van der Waals surface area contributed by atoms with E-state index in [2.05, 4.69) is 0 Å². The van der Waals surface area contributed by atoms with Gasteiger partial charge in [0.1, 0.15) is 5.82 Å². The summed E-state index contributed by atoms with van der Waals surface area (Å²) in [5.41, 5.74) is 5.23. The molecule has 1 aliphatic heterocycles. The van der Waals surface area contributed by atoms with Gasteiger partial charge in [0.2, 0.25) is 0 Å². The van der Waals surface area contributed by atoms with Crippen molar-refractivity contribution in [1.29, 1.82) is 0 Å². The SMILES string of the molecule is N[C@H]1CCN(C(=O)c2cc(F)cc([N+](=O)[O-])c2)C1. The Labute approximate surface area is 102 Å². The first-order chi connectivity index (χ1) is 8.47. The van der Waals surface area contributed by atoms with Gasteiger partial charge in [0.15, 0.2) is 0 Å². The summed E-state index contributed by atoms with van der Waals surface area (Å²) in [7, 11) is 0. The molecule has 0 saturated carbocycles. The molecule has 1 heterocycles. The number of hydrogen-bond donors (Lipinski definition) is 1. The highest BCUT2D eigenvalue weighted by Crippen LogP contribution is 2.19. The van der Waals surface area contributed by atoms with Crippen LogP contribution in [0.5, 0.6) is 0 Å². The van der Waals surface area contributed by atoms with Gasteiger partial charge < -0.3 is 10.6 Å². The maximum atomic E-state index is 13.2. The Morgan fingerprint density at radius 1 is 1.50 bits per heavy atom. The third kappa shape index (κ3) is 2.45. The zero-order valence-electron chi connectivity index (χ0n) is 9.51. The molecule has 96 valence electrons. The summed E-state index contributed by atoms with van der Waals surface area (Å²) in [4.78, 5) is 23.3. The Balaban J connectivity index is 2.27. The van der Waals surface area contributed by atoms with Crippen LogP contribution in [0.25, 0.3) is 0 Å². The van der Waals surface area contributed by atoms with Gasteiger partial charge in [-0.15, -0.1) is 0 Å². The standard InChI is InChI=1S/C11H12FN3O3/c12-8-3-7(4-10(5-8)15(17)18)11(16)14-2-1-9(13)6-14/h3-5,9H,1-2,6,13H2/t9-/m0/s1. The lowest BCUT2D eigenvalue weighted by Gasteiger charge is -2.15. The van der Waals surface area contributed by atoms with Crippen LogP contribution in [0.1, 0.15) is 16.8 Å². The van der Waals surface area contributed by atoms with E-state index in [-0.39, 0.29) is 11.6 Å². The number of carbonyl (C=O) groups is 1. The van der Waals surface area contributed by atoms with Crippen LogP contribution in [0.15, 0.2) is 18.2 Å². The summed E-state index contributed by atoms with van der Waals surface area (Å²) in [6.45, 7) is 0.882. The second-order valence-electron chi connectivity index (χ2n) is 4.26. The van der Waals surface area contributed by atoms with Crippen LogP contribution in [0.2, 0.25) is 0 Å². The molecule has 1 fully saturated rings. The van der Waals surface area contributed by atoms with Gasteiger partial charge in [-0.05, 0) is 12.5 Å². The molecule has 0 aromatic heterocycles. The van der Waals surface area contributed by atoms with Gasteiger partial charge in [-0.3, -0.25) is 14.9 Å². The lowest BCUT2D eigenvalue weighted by Crippen LogP contribution is -2.31. The first-order valence-electron chi connectivity index (χ1n) is 5.47. The molecule has 0 unspecified atom stereocenters. The van der Waals surface area contributed by atoms with Crippen molar-refractivity contribution < 1.29 is 14.1 Å². The number of likely N-dealkylation sites (tertiary alicyclic amines) is 1. The van der Waals surface area contributed by atoms with Crippen LogP contribution in [0.3, 0.4) is 0 Å². The number of nitro benzene ring substituents is 1. The molecule has 0 bridgehead atoms. The minimum Gasteiger partial charge on any atom is -0.337 e. The second-order valence-corrected chi connectivity index (χ2v) is 4.26. The van der Waals surface area contributed by atoms with Crippen molar-refractivity contribution in [2.45, 2.75) is 12.5 Å². The number of non-ortho nitro benzene ring substituents is 1. The molecular weight excluding hydrogens is 241 g/mol. The average Bonchev–Trinajstić information content (AvgIpc) is 2.74. The maximum absolute atomic E-state index is 13.2. The van der Waals surface area contributed by atoms with Crippen molar-refractivity contribution in [1.82, 2.24) is 4.90 Å². The molecule has 1 aromatic carbocycles. The molecule has 0 radical (unpaired) electrons. The molecule has 0 spiro atoms. The Morgan fingerprint density at radius 3 is 2.78 bits per heavy atom. The smallest absolute Gasteiger partial charge is 0.273 e. The number of carbonyl (C=O) groups excluding carboxylic acids is 1. The average molecular weight is 253 g/mol. The molecule has 6 nitrogen and oxygen atoms in total. The van der Waals surface area contributed by atoms with Crippen LogP contribution in [0, 0.1) is 15.9 Å². The van der Waals surface area contributed by atoms with Gasteiger partial charge in [-0.2, -0.15) is 0 Å². The molecule has 0 aliphatic carbocycles. The Kier molecular flexibility index (Phi) is 3.24. The monoisotopic (exact) mass is 253 g/mol. The second kappa shape index (κ2) is 4.69. The summed E-state index contributed by atoms with van der Waals surface area (Å²) < 4.78 is 13.2. The summed E-state index contributed by atoms with van der Waals surface area (Å²) in [6, 6.07) is 2.78. The van der Waals surface area contributed by atoms with Crippen molar-refractivity contribution in [3.05, 3.63) is 39.7 Å². The van der Waals surface area contributed by atoms with Crippen molar-refractivity contribution in [3.8, 4) is 0 Å². The molecule has 1 aliphatic rings. The minimum absolute atomic E-state index is 0.0178. The summed E-state index contributed by atoms with van der Waals surface area (Å²) in [6.07, 6.45) is 0.684. The quantitative estimate of drug-likeness (QED) is 0.626. The van der Waals surface area contributed by atoms with Crippen LogP contribution >= 0.6 is 0 Å². The maximum Gasteiger partial charge on any atom is 0.273 e. The molecular formula is C11H12FN3O3. The van der Waals surface area contributed by atoms with E-state index in [9.17, 15) is 19.3 Å². The lowest BCUT2D eigenvalue weighted by molar-refractivity contribution is -0.385. The van der Waals surface area contributed by atoms with Crippen molar-refractivity contribution >= 4 is 11.6 Å². The number of nitrogens with two attached hydrogens (primary N) is 1. The first kappa shape index (κ1) is 12.4. The number of nitrogens with zero attached hydrogens (tertiary/aromatic N) is 2. The van der Waals surface area contributed by atoms with Crippen LogP contribution in [0.4, 0.5) is 10.1 Å². The number of halogens is 1. The number of amides is 1. The van der Waals surface area contributed by atoms with Gasteiger partial charge in [0.25, 0.3) is 11.6 Å². The summed E-state index contributed by atoms with van der Waals surface area (Å²) in [5.74, 6) is -1.22. The largest absolute Gasteiger partial charge is 0.337 e. The van der Waals surface area contributed by atoms with Gasteiger partial charge in [-0.1, -0.05) is 0 Å². The third-order valence-electron chi connectivity index (χ3n) is 2.85. The topological polar surface area (TPSA) is 89.5 Å². The number of nitro groups is 1. The van der Waals surface area contributed by atoms with Gasteiger partial charge in [-0.25, -0.2) is 4.39 Å². The van der Waals surface area contributed by atoms with E-state index in [1.54, 1.807) is 0 Å². The van der Waals surface area contributed by atoms with Gasteiger partial charge in [0.05, 0.1) is 11.0 Å². The fourth-order valence-electron chi connectivity index (χ4n) is 1.96. The van der Waals surface area contributed by atoms with Gasteiger partial charge >= 0.3 is 0 Å². The molecule has 2 rings (SSSR count). The van der Waals surface area contributed by atoms with Crippen LogP contribution in [-0.4, -0.2) is 34.9 Å². The van der Waals surface area contributed by atoms with Gasteiger partial charge in [0, 0.05) is 30.8 Å². The predicted octanol–water partition coefficient (Wildman–Crippen LogP) is 0.907. The summed E-state index contributed by atoms with van der Waals surface area (Å²) in [5, 5.41) is 10.6. The lowest BCUT2D eigenvalue weighted by atomic mass is 10.1. The van der Waals surface area contributed by atoms with Crippen molar-refractivity contribution in [2.24, 2.45) is 5.73 Å². The van der Waals surface area contributed by atoms with Crippen molar-refractivity contribution in [2.75, 3.05) is 13.1 Å². The zero-order valence-corrected chi connectivity index (χ0v) is 9.51. The van der Waals surface area contributed by atoms with E-state index in [0.717, 1.165) is 18.2 Å². The molecule has 18 heavy (non-hydrogen) atoms. The molecule has 2 N–H and O–H groups in total. The van der Waals surface area contributed by atoms with E-state index in [1.807, 2.05) is 0 Å². The van der Waals surface area contributed by atoms with Crippen molar-refractivity contribution in [3.63, 3.8) is 0 Å². The fourth-order valence-corrected chi connectivity index (χ4v) is 1.96. The molecule has 1 aromatic rings. The first-order valence-corrected chi connectivity index (χ1v) is 5.47. The predicted molar refractivity (Wildman–Crippen MR) is 61.6 cm³/mol. The van der Waals surface area contributed by atoms with E-state index < -0.39 is 22.3 Å². The fraction of sp³-hybridized carbons (Fsp3) is 0.364. The van der Waals surface area contributed by atoms with Crippen LogP contribution < -0.4 is 5.73 Å². The van der Waals surface area contributed by atoms with Crippen LogP contribution in [-0.2, 0) is 0 Å².